The predicted molar refractivity (Wildman–Crippen MR) is 92.2 cm³/mol. The Morgan fingerprint density at radius 2 is 2.26 bits per heavy atom. The number of anilines is 1. The lowest BCUT2D eigenvalue weighted by Crippen LogP contribution is -2.54. The molecule has 2 aromatic rings. The van der Waals surface area contributed by atoms with Gasteiger partial charge in [-0.3, -0.25) is 9.59 Å². The minimum Gasteiger partial charge on any atom is -0.369 e. The highest BCUT2D eigenvalue weighted by Crippen LogP contribution is 2.20. The minimum atomic E-state index is -0.627. The third kappa shape index (κ3) is 3.99. The van der Waals surface area contributed by atoms with Crippen LogP contribution in [0.25, 0.3) is 0 Å². The van der Waals surface area contributed by atoms with Crippen molar-refractivity contribution in [3.63, 3.8) is 0 Å². The Hall–Kier alpha value is -1.70. The number of carbonyl (C=O) groups excluding carboxylic acids is 2. The summed E-state index contributed by atoms with van der Waals surface area (Å²) in [5.41, 5.74) is 0.679. The van der Waals surface area contributed by atoms with Crippen molar-refractivity contribution in [2.24, 2.45) is 0 Å². The van der Waals surface area contributed by atoms with Crippen molar-refractivity contribution in [3.05, 3.63) is 51.1 Å². The Balaban J connectivity index is 1.74. The summed E-state index contributed by atoms with van der Waals surface area (Å²) < 4.78 is 6.15. The quantitative estimate of drug-likeness (QED) is 0.866. The molecule has 2 amide bonds. The Kier molecular flexibility index (Phi) is 5.09. The maximum atomic E-state index is 12.6. The van der Waals surface area contributed by atoms with Crippen LogP contribution in [0.4, 0.5) is 5.69 Å². The average Bonchev–Trinajstić information content (AvgIpc) is 3.02. The second-order valence-electron chi connectivity index (χ2n) is 5.13. The van der Waals surface area contributed by atoms with Crippen LogP contribution in [-0.2, 0) is 20.9 Å². The zero-order chi connectivity index (χ0) is 16.2. The molecule has 1 aromatic heterocycles. The number of rotatable bonds is 4. The van der Waals surface area contributed by atoms with Gasteiger partial charge in [-0.2, -0.15) is 0 Å². The summed E-state index contributed by atoms with van der Waals surface area (Å²) in [5.74, 6) is -0.410. The van der Waals surface area contributed by atoms with E-state index >= 15 is 0 Å². The van der Waals surface area contributed by atoms with E-state index in [0.29, 0.717) is 12.2 Å². The second kappa shape index (κ2) is 7.25. The van der Waals surface area contributed by atoms with Gasteiger partial charge in [-0.05, 0) is 29.6 Å². The SMILES string of the molecule is O=C(Nc1cccc(Br)c1)[C@H]1COCC(=O)N1Cc1cccs1. The number of benzene rings is 1. The number of nitrogens with one attached hydrogen (secondary N) is 1. The summed E-state index contributed by atoms with van der Waals surface area (Å²) in [6.45, 7) is 0.652. The third-order valence-electron chi connectivity index (χ3n) is 3.50. The van der Waals surface area contributed by atoms with Gasteiger partial charge in [0.05, 0.1) is 13.2 Å². The molecule has 120 valence electrons. The molecule has 2 heterocycles. The second-order valence-corrected chi connectivity index (χ2v) is 7.08. The molecule has 0 saturated carbocycles. The van der Waals surface area contributed by atoms with Crippen LogP contribution < -0.4 is 5.32 Å². The number of thiophene rings is 1. The van der Waals surface area contributed by atoms with Gasteiger partial charge in [0, 0.05) is 15.0 Å². The molecule has 0 bridgehead atoms. The highest BCUT2D eigenvalue weighted by atomic mass is 79.9. The highest BCUT2D eigenvalue weighted by molar-refractivity contribution is 9.10. The zero-order valence-electron chi connectivity index (χ0n) is 12.2. The fraction of sp³-hybridized carbons (Fsp3) is 0.250. The first-order valence-electron chi connectivity index (χ1n) is 7.09. The molecule has 1 aromatic carbocycles. The van der Waals surface area contributed by atoms with Crippen molar-refractivity contribution in [2.45, 2.75) is 12.6 Å². The van der Waals surface area contributed by atoms with Crippen molar-refractivity contribution in [3.8, 4) is 0 Å². The van der Waals surface area contributed by atoms with E-state index in [2.05, 4.69) is 21.2 Å². The molecule has 3 rings (SSSR count). The Morgan fingerprint density at radius 1 is 1.39 bits per heavy atom. The number of morpholine rings is 1. The zero-order valence-corrected chi connectivity index (χ0v) is 14.6. The van der Waals surface area contributed by atoms with E-state index in [-0.39, 0.29) is 25.0 Å². The first kappa shape index (κ1) is 16.2. The Morgan fingerprint density at radius 3 is 3.00 bits per heavy atom. The summed E-state index contributed by atoms with van der Waals surface area (Å²) in [5, 5.41) is 4.80. The van der Waals surface area contributed by atoms with E-state index in [4.69, 9.17) is 4.74 Å². The molecule has 0 aliphatic carbocycles. The molecule has 1 aliphatic rings. The van der Waals surface area contributed by atoms with Crippen LogP contribution in [0.3, 0.4) is 0 Å². The Labute approximate surface area is 146 Å². The summed E-state index contributed by atoms with van der Waals surface area (Å²) in [7, 11) is 0. The van der Waals surface area contributed by atoms with Gasteiger partial charge in [-0.15, -0.1) is 11.3 Å². The molecular formula is C16H15BrN2O3S. The molecular weight excluding hydrogens is 380 g/mol. The number of hydrogen-bond donors (Lipinski definition) is 1. The van der Waals surface area contributed by atoms with Crippen LogP contribution in [0, 0.1) is 0 Å². The first-order chi connectivity index (χ1) is 11.1. The van der Waals surface area contributed by atoms with E-state index in [1.54, 1.807) is 22.3 Å². The molecule has 0 unspecified atom stereocenters. The lowest BCUT2D eigenvalue weighted by atomic mass is 10.2. The molecule has 0 radical (unpaired) electrons. The van der Waals surface area contributed by atoms with Gasteiger partial charge in [0.25, 0.3) is 0 Å². The fourth-order valence-electron chi connectivity index (χ4n) is 2.38. The van der Waals surface area contributed by atoms with Crippen molar-refractivity contribution in [1.29, 1.82) is 0 Å². The molecule has 1 atom stereocenters. The summed E-state index contributed by atoms with van der Waals surface area (Å²) in [4.78, 5) is 27.4. The predicted octanol–water partition coefficient (Wildman–Crippen LogP) is 2.88. The van der Waals surface area contributed by atoms with Crippen LogP contribution >= 0.6 is 27.3 Å². The average molecular weight is 395 g/mol. The third-order valence-corrected chi connectivity index (χ3v) is 4.85. The normalized spacial score (nSPS) is 18.0. The summed E-state index contributed by atoms with van der Waals surface area (Å²) >= 11 is 4.94. The maximum Gasteiger partial charge on any atom is 0.249 e. The van der Waals surface area contributed by atoms with Crippen molar-refractivity contribution < 1.29 is 14.3 Å². The van der Waals surface area contributed by atoms with Gasteiger partial charge in [-0.25, -0.2) is 0 Å². The van der Waals surface area contributed by atoms with Gasteiger partial charge in [0.1, 0.15) is 12.6 Å². The van der Waals surface area contributed by atoms with Crippen LogP contribution in [0.5, 0.6) is 0 Å². The number of ether oxygens (including phenoxy) is 1. The first-order valence-corrected chi connectivity index (χ1v) is 8.77. The van der Waals surface area contributed by atoms with Gasteiger partial charge >= 0.3 is 0 Å². The largest absolute Gasteiger partial charge is 0.369 e. The molecule has 1 saturated heterocycles. The molecule has 1 N–H and O–H groups in total. The number of carbonyl (C=O) groups is 2. The van der Waals surface area contributed by atoms with Crippen molar-refractivity contribution >= 4 is 44.8 Å². The topological polar surface area (TPSA) is 58.6 Å². The monoisotopic (exact) mass is 394 g/mol. The van der Waals surface area contributed by atoms with E-state index in [1.165, 1.54) is 0 Å². The van der Waals surface area contributed by atoms with Crippen molar-refractivity contribution in [2.75, 3.05) is 18.5 Å². The van der Waals surface area contributed by atoms with E-state index in [1.807, 2.05) is 35.7 Å². The van der Waals surface area contributed by atoms with Gasteiger partial charge in [0.2, 0.25) is 11.8 Å². The fourth-order valence-corrected chi connectivity index (χ4v) is 3.48. The van der Waals surface area contributed by atoms with E-state index < -0.39 is 6.04 Å². The number of hydrogen-bond acceptors (Lipinski definition) is 4. The molecule has 1 fully saturated rings. The lowest BCUT2D eigenvalue weighted by molar-refractivity contribution is -0.153. The molecule has 7 heteroatoms. The van der Waals surface area contributed by atoms with Crippen LogP contribution in [0.15, 0.2) is 46.3 Å². The van der Waals surface area contributed by atoms with Crippen LogP contribution in [0.1, 0.15) is 4.88 Å². The standard InChI is InChI=1S/C16H15BrN2O3S/c17-11-3-1-4-12(7-11)18-16(21)14-9-22-10-15(20)19(14)8-13-5-2-6-23-13/h1-7,14H,8-10H2,(H,18,21)/t14-/m1/s1. The number of halogens is 1. The van der Waals surface area contributed by atoms with Gasteiger partial charge < -0.3 is 15.0 Å². The van der Waals surface area contributed by atoms with E-state index in [0.717, 1.165) is 9.35 Å². The summed E-state index contributed by atoms with van der Waals surface area (Å²) in [6.07, 6.45) is 0. The van der Waals surface area contributed by atoms with Crippen LogP contribution in [-0.4, -0.2) is 36.0 Å². The number of amides is 2. The minimum absolute atomic E-state index is 0.0199. The number of nitrogens with zero attached hydrogens (tertiary/aromatic N) is 1. The molecule has 5 nitrogen and oxygen atoms in total. The molecule has 23 heavy (non-hydrogen) atoms. The summed E-state index contributed by atoms with van der Waals surface area (Å²) in [6, 6.07) is 10.6. The van der Waals surface area contributed by atoms with E-state index in [9.17, 15) is 9.59 Å². The molecule has 0 spiro atoms. The maximum absolute atomic E-state index is 12.6. The lowest BCUT2D eigenvalue weighted by Gasteiger charge is -2.34. The molecule has 1 aliphatic heterocycles. The highest BCUT2D eigenvalue weighted by Gasteiger charge is 2.34. The van der Waals surface area contributed by atoms with Gasteiger partial charge in [-0.1, -0.05) is 28.1 Å². The van der Waals surface area contributed by atoms with Crippen LogP contribution in [0.2, 0.25) is 0 Å². The Bertz CT molecular complexity index is 705. The smallest absolute Gasteiger partial charge is 0.249 e. The van der Waals surface area contributed by atoms with Gasteiger partial charge in [0.15, 0.2) is 0 Å². The van der Waals surface area contributed by atoms with Crippen molar-refractivity contribution in [1.82, 2.24) is 4.90 Å².